The molecule has 1 heterocycles. The van der Waals surface area contributed by atoms with Gasteiger partial charge in [-0.05, 0) is 39.2 Å². The third kappa shape index (κ3) is 3.56. The van der Waals surface area contributed by atoms with Gasteiger partial charge in [0.25, 0.3) is 0 Å². The molecule has 19 heavy (non-hydrogen) atoms. The minimum atomic E-state index is 0.202. The van der Waals surface area contributed by atoms with E-state index in [1.807, 2.05) is 11.3 Å². The highest BCUT2D eigenvalue weighted by molar-refractivity contribution is 7.11. The Morgan fingerprint density at radius 1 is 1.42 bits per heavy atom. The zero-order chi connectivity index (χ0) is 13.7. The van der Waals surface area contributed by atoms with Gasteiger partial charge in [-0.2, -0.15) is 0 Å². The largest absolute Gasteiger partial charge is 0.371 e. The maximum absolute atomic E-state index is 5.87. The van der Waals surface area contributed by atoms with Gasteiger partial charge in [0.2, 0.25) is 0 Å². The number of nitrogens with zero attached hydrogens (tertiary/aromatic N) is 1. The summed E-state index contributed by atoms with van der Waals surface area (Å²) in [6, 6.07) is 0.461. The van der Waals surface area contributed by atoms with Crippen LogP contribution in [0.2, 0.25) is 0 Å². The molecule has 2 atom stereocenters. The molecule has 0 aliphatic heterocycles. The van der Waals surface area contributed by atoms with Crippen LogP contribution in [0.3, 0.4) is 0 Å². The molecular formula is C15H26N2OS. The average molecular weight is 282 g/mol. The van der Waals surface area contributed by atoms with Crippen LogP contribution in [-0.4, -0.2) is 18.1 Å². The van der Waals surface area contributed by atoms with Gasteiger partial charge in [0, 0.05) is 11.5 Å². The number of hydrogen-bond donors (Lipinski definition) is 1. The highest BCUT2D eigenvalue weighted by Crippen LogP contribution is 2.37. The van der Waals surface area contributed by atoms with Crippen molar-refractivity contribution in [2.45, 2.75) is 65.0 Å². The standard InChI is InChI=1S/C15H26N2OS/c1-4-8-12(18-6-3)15-17-14-11(16-5-2)9-7-10-13(14)19-15/h11-12,16H,4-10H2,1-3H3. The van der Waals surface area contributed by atoms with Crippen LogP contribution in [0.15, 0.2) is 0 Å². The Hall–Kier alpha value is -0.450. The van der Waals surface area contributed by atoms with Crippen molar-refractivity contribution in [1.82, 2.24) is 10.3 Å². The molecule has 0 saturated carbocycles. The predicted octanol–water partition coefficient (Wildman–Crippen LogP) is 4.01. The van der Waals surface area contributed by atoms with Crippen molar-refractivity contribution >= 4 is 11.3 Å². The lowest BCUT2D eigenvalue weighted by Gasteiger charge is -2.21. The molecule has 108 valence electrons. The topological polar surface area (TPSA) is 34.1 Å². The number of fused-ring (bicyclic) bond motifs is 1. The fourth-order valence-corrected chi connectivity index (χ4v) is 4.01. The number of ether oxygens (including phenoxy) is 1. The maximum atomic E-state index is 5.87. The molecule has 1 N–H and O–H groups in total. The third-order valence-electron chi connectivity index (χ3n) is 3.62. The van der Waals surface area contributed by atoms with E-state index in [4.69, 9.17) is 9.72 Å². The van der Waals surface area contributed by atoms with E-state index in [9.17, 15) is 0 Å². The molecule has 0 fully saturated rings. The minimum Gasteiger partial charge on any atom is -0.371 e. The van der Waals surface area contributed by atoms with Gasteiger partial charge in [-0.25, -0.2) is 4.98 Å². The number of aryl methyl sites for hydroxylation is 1. The monoisotopic (exact) mass is 282 g/mol. The molecule has 4 heteroatoms. The van der Waals surface area contributed by atoms with Crippen LogP contribution in [0.25, 0.3) is 0 Å². The SMILES string of the molecule is CCCC(OCC)c1nc2c(s1)CCCC2NCC. The van der Waals surface area contributed by atoms with E-state index in [1.54, 1.807) is 0 Å². The summed E-state index contributed by atoms with van der Waals surface area (Å²) in [6.07, 6.45) is 6.11. The van der Waals surface area contributed by atoms with E-state index in [2.05, 4.69) is 26.1 Å². The van der Waals surface area contributed by atoms with Crippen molar-refractivity contribution in [3.8, 4) is 0 Å². The summed E-state index contributed by atoms with van der Waals surface area (Å²) in [5.74, 6) is 0. The van der Waals surface area contributed by atoms with Gasteiger partial charge in [0.05, 0.1) is 11.7 Å². The fourth-order valence-electron chi connectivity index (χ4n) is 2.76. The first kappa shape index (κ1) is 14.9. The van der Waals surface area contributed by atoms with Crippen molar-refractivity contribution in [2.75, 3.05) is 13.2 Å². The number of rotatable bonds is 7. The fraction of sp³-hybridized carbons (Fsp3) is 0.800. The smallest absolute Gasteiger partial charge is 0.122 e. The van der Waals surface area contributed by atoms with Crippen LogP contribution in [0.1, 0.15) is 74.2 Å². The second-order valence-electron chi connectivity index (χ2n) is 5.10. The molecule has 0 bridgehead atoms. The zero-order valence-electron chi connectivity index (χ0n) is 12.4. The predicted molar refractivity (Wildman–Crippen MR) is 80.7 cm³/mol. The summed E-state index contributed by atoms with van der Waals surface area (Å²) < 4.78 is 5.87. The van der Waals surface area contributed by atoms with E-state index in [0.717, 1.165) is 26.0 Å². The quantitative estimate of drug-likeness (QED) is 0.820. The molecule has 0 spiro atoms. The third-order valence-corrected chi connectivity index (χ3v) is 4.84. The normalized spacial score (nSPS) is 20.3. The Morgan fingerprint density at radius 3 is 2.95 bits per heavy atom. The summed E-state index contributed by atoms with van der Waals surface area (Å²) in [6.45, 7) is 8.23. The second kappa shape index (κ2) is 7.36. The van der Waals surface area contributed by atoms with Gasteiger partial charge >= 0.3 is 0 Å². The second-order valence-corrected chi connectivity index (χ2v) is 6.21. The van der Waals surface area contributed by atoms with Gasteiger partial charge < -0.3 is 10.1 Å². The molecule has 3 nitrogen and oxygen atoms in total. The average Bonchev–Trinajstić information content (AvgIpc) is 2.84. The molecular weight excluding hydrogens is 256 g/mol. The first-order valence-electron chi connectivity index (χ1n) is 7.64. The summed E-state index contributed by atoms with van der Waals surface area (Å²) in [5.41, 5.74) is 1.30. The van der Waals surface area contributed by atoms with Crippen LogP contribution < -0.4 is 5.32 Å². The van der Waals surface area contributed by atoms with Crippen molar-refractivity contribution < 1.29 is 4.74 Å². The Morgan fingerprint density at radius 2 is 2.26 bits per heavy atom. The van der Waals surface area contributed by atoms with Gasteiger partial charge in [-0.3, -0.25) is 0 Å². The number of thiazole rings is 1. The lowest BCUT2D eigenvalue weighted by molar-refractivity contribution is 0.0553. The lowest BCUT2D eigenvalue weighted by atomic mass is 9.97. The van der Waals surface area contributed by atoms with Gasteiger partial charge in [-0.1, -0.05) is 20.3 Å². The molecule has 0 radical (unpaired) electrons. The Kier molecular flexibility index (Phi) is 5.79. The summed E-state index contributed by atoms with van der Waals surface area (Å²) >= 11 is 1.88. The summed E-state index contributed by atoms with van der Waals surface area (Å²) in [4.78, 5) is 6.40. The Labute approximate surface area is 120 Å². The number of hydrogen-bond acceptors (Lipinski definition) is 4. The van der Waals surface area contributed by atoms with Gasteiger partial charge in [0.15, 0.2) is 0 Å². The first-order chi connectivity index (χ1) is 9.30. The summed E-state index contributed by atoms with van der Waals surface area (Å²) in [7, 11) is 0. The summed E-state index contributed by atoms with van der Waals surface area (Å²) in [5, 5.41) is 4.75. The lowest BCUT2D eigenvalue weighted by Crippen LogP contribution is -2.24. The molecule has 1 aliphatic rings. The molecule has 1 aromatic heterocycles. The Bertz CT molecular complexity index is 385. The van der Waals surface area contributed by atoms with Crippen molar-refractivity contribution in [3.05, 3.63) is 15.6 Å². The van der Waals surface area contributed by atoms with Crippen molar-refractivity contribution in [1.29, 1.82) is 0 Å². The van der Waals surface area contributed by atoms with Crippen LogP contribution in [0.4, 0.5) is 0 Å². The van der Waals surface area contributed by atoms with Crippen molar-refractivity contribution in [3.63, 3.8) is 0 Å². The van der Waals surface area contributed by atoms with Crippen LogP contribution in [-0.2, 0) is 11.2 Å². The highest BCUT2D eigenvalue weighted by atomic mass is 32.1. The first-order valence-corrected chi connectivity index (χ1v) is 8.46. The molecule has 2 rings (SSSR count). The van der Waals surface area contributed by atoms with E-state index in [0.29, 0.717) is 6.04 Å². The molecule has 0 amide bonds. The van der Waals surface area contributed by atoms with E-state index in [-0.39, 0.29) is 6.10 Å². The minimum absolute atomic E-state index is 0.202. The molecule has 0 saturated heterocycles. The highest BCUT2D eigenvalue weighted by Gasteiger charge is 2.26. The molecule has 1 aliphatic carbocycles. The molecule has 0 aromatic carbocycles. The zero-order valence-corrected chi connectivity index (χ0v) is 13.2. The number of aromatic nitrogens is 1. The van der Waals surface area contributed by atoms with Crippen LogP contribution in [0, 0.1) is 0 Å². The van der Waals surface area contributed by atoms with Crippen LogP contribution in [0.5, 0.6) is 0 Å². The van der Waals surface area contributed by atoms with Gasteiger partial charge in [0.1, 0.15) is 11.1 Å². The molecule has 1 aromatic rings. The Balaban J connectivity index is 2.19. The van der Waals surface area contributed by atoms with Gasteiger partial charge in [-0.15, -0.1) is 11.3 Å². The van der Waals surface area contributed by atoms with E-state index < -0.39 is 0 Å². The number of nitrogens with one attached hydrogen (secondary N) is 1. The van der Waals surface area contributed by atoms with E-state index >= 15 is 0 Å². The molecule has 2 unspecified atom stereocenters. The van der Waals surface area contributed by atoms with E-state index in [1.165, 1.54) is 34.8 Å². The maximum Gasteiger partial charge on any atom is 0.122 e. The van der Waals surface area contributed by atoms with Crippen LogP contribution >= 0.6 is 11.3 Å². The van der Waals surface area contributed by atoms with Crippen molar-refractivity contribution in [2.24, 2.45) is 0 Å².